The molecule has 5 nitrogen and oxygen atoms in total. The first-order chi connectivity index (χ1) is 7.72. The monoisotopic (exact) mass is 218 g/mol. The van der Waals surface area contributed by atoms with E-state index in [0.29, 0.717) is 10.9 Å². The molecule has 5 heteroatoms. The fourth-order valence-corrected chi connectivity index (χ4v) is 1.51. The van der Waals surface area contributed by atoms with Crippen LogP contribution in [-0.4, -0.2) is 18.3 Å². The smallest absolute Gasteiger partial charge is 0.346 e. The van der Waals surface area contributed by atoms with E-state index in [1.807, 2.05) is 13.0 Å². The fraction of sp³-hybridized carbons (Fsp3) is 0.182. The number of nitrogens with zero attached hydrogens (tertiary/aromatic N) is 2. The highest BCUT2D eigenvalue weighted by Gasteiger charge is 2.05. The van der Waals surface area contributed by atoms with Crippen molar-refractivity contribution in [3.8, 4) is 0 Å². The molecule has 0 fully saturated rings. The molecule has 0 bridgehead atoms. The molecule has 0 saturated heterocycles. The molecular formula is C11H10N2O3. The Bertz CT molecular complexity index is 602. The van der Waals surface area contributed by atoms with Gasteiger partial charge in [0.2, 0.25) is 0 Å². The lowest BCUT2D eigenvalue weighted by atomic mass is 10.1. The summed E-state index contributed by atoms with van der Waals surface area (Å²) < 4.78 is 4.71. The maximum atomic E-state index is 11.5. The quantitative estimate of drug-likeness (QED) is 0.565. The molecule has 0 radical (unpaired) electrons. The average molecular weight is 218 g/mol. The Morgan fingerprint density at radius 3 is 3.06 bits per heavy atom. The SMILES string of the molecule is CON=Cc1cc(C)c2ncoc(=O)c2c1. The van der Waals surface area contributed by atoms with Crippen molar-refractivity contribution in [1.29, 1.82) is 0 Å². The van der Waals surface area contributed by atoms with Crippen molar-refractivity contribution < 1.29 is 9.25 Å². The zero-order valence-corrected chi connectivity index (χ0v) is 8.93. The van der Waals surface area contributed by atoms with E-state index < -0.39 is 5.63 Å². The van der Waals surface area contributed by atoms with Crippen molar-refractivity contribution in [2.75, 3.05) is 7.11 Å². The van der Waals surface area contributed by atoms with Gasteiger partial charge in [0.1, 0.15) is 7.11 Å². The average Bonchev–Trinajstić information content (AvgIpc) is 2.28. The summed E-state index contributed by atoms with van der Waals surface area (Å²) >= 11 is 0. The molecule has 2 rings (SSSR count). The van der Waals surface area contributed by atoms with Gasteiger partial charge in [-0.15, -0.1) is 0 Å². The van der Waals surface area contributed by atoms with E-state index in [1.54, 1.807) is 6.07 Å². The highest BCUT2D eigenvalue weighted by atomic mass is 16.6. The van der Waals surface area contributed by atoms with Gasteiger partial charge in [0.15, 0.2) is 6.39 Å². The van der Waals surface area contributed by atoms with Crippen LogP contribution in [0.4, 0.5) is 0 Å². The predicted molar refractivity (Wildman–Crippen MR) is 59.6 cm³/mol. The van der Waals surface area contributed by atoms with Crippen molar-refractivity contribution >= 4 is 17.1 Å². The van der Waals surface area contributed by atoms with Gasteiger partial charge in [0.25, 0.3) is 0 Å². The van der Waals surface area contributed by atoms with Gasteiger partial charge >= 0.3 is 5.63 Å². The van der Waals surface area contributed by atoms with Crippen LogP contribution in [0, 0.1) is 6.92 Å². The molecule has 0 saturated carbocycles. The molecule has 0 aliphatic rings. The summed E-state index contributed by atoms with van der Waals surface area (Å²) in [5, 5.41) is 4.09. The Morgan fingerprint density at radius 2 is 2.31 bits per heavy atom. The molecule has 1 aromatic heterocycles. The normalized spacial score (nSPS) is 11.1. The molecule has 0 N–H and O–H groups in total. The molecule has 1 heterocycles. The van der Waals surface area contributed by atoms with Gasteiger partial charge in [0, 0.05) is 0 Å². The second-order valence-corrected chi connectivity index (χ2v) is 3.29. The Morgan fingerprint density at radius 1 is 1.50 bits per heavy atom. The Balaban J connectivity index is 2.70. The first-order valence-electron chi connectivity index (χ1n) is 4.67. The third-order valence-corrected chi connectivity index (χ3v) is 2.19. The van der Waals surface area contributed by atoms with E-state index in [0.717, 1.165) is 17.5 Å². The second kappa shape index (κ2) is 4.14. The third-order valence-electron chi connectivity index (χ3n) is 2.19. The van der Waals surface area contributed by atoms with Crippen LogP contribution in [0.3, 0.4) is 0 Å². The molecule has 0 aliphatic carbocycles. The van der Waals surface area contributed by atoms with Crippen molar-refractivity contribution in [1.82, 2.24) is 4.98 Å². The molecular weight excluding hydrogens is 208 g/mol. The number of rotatable bonds is 2. The minimum absolute atomic E-state index is 0.402. The summed E-state index contributed by atoms with van der Waals surface area (Å²) in [5.41, 5.74) is 1.90. The van der Waals surface area contributed by atoms with Crippen LogP contribution in [0.5, 0.6) is 0 Å². The number of hydrogen-bond acceptors (Lipinski definition) is 5. The molecule has 16 heavy (non-hydrogen) atoms. The number of fused-ring (bicyclic) bond motifs is 1. The second-order valence-electron chi connectivity index (χ2n) is 3.29. The zero-order chi connectivity index (χ0) is 11.5. The van der Waals surface area contributed by atoms with Crippen LogP contribution < -0.4 is 5.63 Å². The Hall–Kier alpha value is -2.17. The maximum Gasteiger partial charge on any atom is 0.346 e. The first kappa shape index (κ1) is 10.4. The Labute approximate surface area is 91.4 Å². The van der Waals surface area contributed by atoms with Crippen LogP contribution in [-0.2, 0) is 4.84 Å². The van der Waals surface area contributed by atoms with Gasteiger partial charge in [-0.2, -0.15) is 0 Å². The van der Waals surface area contributed by atoms with Crippen molar-refractivity contribution in [2.45, 2.75) is 6.92 Å². The molecule has 0 aliphatic heterocycles. The van der Waals surface area contributed by atoms with E-state index in [1.165, 1.54) is 13.3 Å². The van der Waals surface area contributed by atoms with Crippen molar-refractivity contribution in [3.63, 3.8) is 0 Å². The topological polar surface area (TPSA) is 64.7 Å². The maximum absolute atomic E-state index is 11.5. The highest BCUT2D eigenvalue weighted by molar-refractivity contribution is 5.89. The van der Waals surface area contributed by atoms with Crippen molar-refractivity contribution in [3.05, 3.63) is 40.1 Å². The third kappa shape index (κ3) is 1.79. The Kier molecular flexibility index (Phi) is 2.68. The van der Waals surface area contributed by atoms with E-state index in [4.69, 9.17) is 4.42 Å². The lowest BCUT2D eigenvalue weighted by molar-refractivity contribution is 0.215. The number of oxime groups is 1. The molecule has 82 valence electrons. The van der Waals surface area contributed by atoms with Crippen LogP contribution in [0.1, 0.15) is 11.1 Å². The van der Waals surface area contributed by atoms with Gasteiger partial charge in [-0.05, 0) is 30.2 Å². The first-order valence-corrected chi connectivity index (χ1v) is 4.67. The van der Waals surface area contributed by atoms with Gasteiger partial charge in [-0.25, -0.2) is 9.78 Å². The largest absolute Gasteiger partial charge is 0.411 e. The van der Waals surface area contributed by atoms with E-state index in [9.17, 15) is 4.79 Å². The van der Waals surface area contributed by atoms with Crippen LogP contribution in [0.2, 0.25) is 0 Å². The van der Waals surface area contributed by atoms with Gasteiger partial charge < -0.3 is 9.25 Å². The van der Waals surface area contributed by atoms with Crippen LogP contribution >= 0.6 is 0 Å². The summed E-state index contributed by atoms with van der Waals surface area (Å²) in [6.07, 6.45) is 2.68. The van der Waals surface area contributed by atoms with Crippen LogP contribution in [0.25, 0.3) is 10.9 Å². The summed E-state index contributed by atoms with van der Waals surface area (Å²) in [7, 11) is 1.46. The lowest BCUT2D eigenvalue weighted by Gasteiger charge is -2.00. The van der Waals surface area contributed by atoms with Gasteiger partial charge in [-0.3, -0.25) is 0 Å². The summed E-state index contributed by atoms with van der Waals surface area (Å²) in [5.74, 6) is 0. The standard InChI is InChI=1S/C11H10N2O3/c1-7-3-8(5-13-15-2)4-9-10(7)12-6-16-11(9)14/h3-6H,1-2H3. The molecule has 2 aromatic rings. The van der Waals surface area contributed by atoms with Crippen LogP contribution in [0.15, 0.2) is 32.9 Å². The van der Waals surface area contributed by atoms with Crippen molar-refractivity contribution in [2.24, 2.45) is 5.16 Å². The van der Waals surface area contributed by atoms with E-state index in [-0.39, 0.29) is 0 Å². The minimum atomic E-state index is -0.402. The summed E-state index contributed by atoms with van der Waals surface area (Å²) in [4.78, 5) is 20.1. The van der Waals surface area contributed by atoms with Gasteiger partial charge in [0.05, 0.1) is 17.1 Å². The molecule has 0 unspecified atom stereocenters. The fourth-order valence-electron chi connectivity index (χ4n) is 1.51. The number of hydrogen-bond donors (Lipinski definition) is 0. The molecule has 0 spiro atoms. The molecule has 0 atom stereocenters. The predicted octanol–water partition coefficient (Wildman–Crippen LogP) is 1.48. The lowest BCUT2D eigenvalue weighted by Crippen LogP contribution is -2.02. The molecule has 0 amide bonds. The summed E-state index contributed by atoms with van der Waals surface area (Å²) in [6.45, 7) is 1.87. The highest BCUT2D eigenvalue weighted by Crippen LogP contribution is 2.14. The molecule has 1 aromatic carbocycles. The number of aryl methyl sites for hydroxylation is 1. The van der Waals surface area contributed by atoms with Gasteiger partial charge in [-0.1, -0.05) is 5.16 Å². The number of aromatic nitrogens is 1. The van der Waals surface area contributed by atoms with E-state index in [2.05, 4.69) is 15.0 Å². The minimum Gasteiger partial charge on any atom is -0.411 e. The van der Waals surface area contributed by atoms with E-state index >= 15 is 0 Å². The number of benzene rings is 1. The summed E-state index contributed by atoms with van der Waals surface area (Å²) in [6, 6.07) is 3.54. The zero-order valence-electron chi connectivity index (χ0n) is 8.93.